The number of para-hydroxylation sites is 1. The smallest absolute Gasteiger partial charge is 0.173 e. The minimum atomic E-state index is 0.706. The highest BCUT2D eigenvalue weighted by molar-refractivity contribution is 7.09. The van der Waals surface area contributed by atoms with Crippen LogP contribution in [-0.2, 0) is 0 Å². The molecule has 0 aliphatic rings. The monoisotopic (exact) mass is 304 g/mol. The summed E-state index contributed by atoms with van der Waals surface area (Å²) in [7, 11) is 0. The lowest BCUT2D eigenvalue weighted by molar-refractivity contribution is 1.30. The van der Waals surface area contributed by atoms with Crippen LogP contribution in [0.25, 0.3) is 33.0 Å². The van der Waals surface area contributed by atoms with Crippen LogP contribution in [0.15, 0.2) is 60.7 Å². The van der Waals surface area contributed by atoms with Crippen LogP contribution in [0.2, 0.25) is 0 Å². The summed E-state index contributed by atoms with van der Waals surface area (Å²) < 4.78 is 4.42. The molecule has 0 fully saturated rings. The van der Waals surface area contributed by atoms with Crippen molar-refractivity contribution in [1.82, 2.24) is 14.3 Å². The van der Waals surface area contributed by atoms with E-state index in [1.54, 1.807) is 0 Å². The van der Waals surface area contributed by atoms with Crippen LogP contribution >= 0.6 is 11.5 Å². The summed E-state index contributed by atoms with van der Waals surface area (Å²) in [5, 5.41) is 1.73. The summed E-state index contributed by atoms with van der Waals surface area (Å²) in [5.41, 5.74) is 9.46. The van der Waals surface area contributed by atoms with E-state index in [0.29, 0.717) is 11.5 Å². The molecule has 2 aromatic carbocycles. The molecule has 0 unspecified atom stereocenters. The van der Waals surface area contributed by atoms with E-state index in [-0.39, 0.29) is 0 Å². The van der Waals surface area contributed by atoms with Gasteiger partial charge in [-0.2, -0.15) is 4.37 Å². The van der Waals surface area contributed by atoms with Crippen LogP contribution in [0.5, 0.6) is 0 Å². The van der Waals surface area contributed by atoms with Crippen molar-refractivity contribution in [3.63, 3.8) is 0 Å². The van der Waals surface area contributed by atoms with Crippen molar-refractivity contribution < 1.29 is 0 Å². The first-order valence-electron chi connectivity index (χ1n) is 6.86. The second-order valence-electron chi connectivity index (χ2n) is 4.90. The first-order chi connectivity index (χ1) is 10.8. The van der Waals surface area contributed by atoms with E-state index < -0.39 is 0 Å². The summed E-state index contributed by atoms with van der Waals surface area (Å²) in [5.74, 6) is 0.717. The highest BCUT2D eigenvalue weighted by Crippen LogP contribution is 2.29. The van der Waals surface area contributed by atoms with Gasteiger partial charge in [-0.05, 0) is 23.7 Å². The van der Waals surface area contributed by atoms with Crippen molar-refractivity contribution in [3.05, 3.63) is 60.7 Å². The van der Waals surface area contributed by atoms with Crippen LogP contribution in [0.1, 0.15) is 0 Å². The average Bonchev–Trinajstić information content (AvgIpc) is 3.06. The zero-order valence-corrected chi connectivity index (χ0v) is 12.4. The van der Waals surface area contributed by atoms with Gasteiger partial charge in [-0.3, -0.25) is 0 Å². The third-order valence-corrected chi connectivity index (χ3v) is 4.16. The summed E-state index contributed by atoms with van der Waals surface area (Å²) >= 11 is 1.34. The van der Waals surface area contributed by atoms with E-state index in [1.165, 1.54) is 11.5 Å². The number of rotatable bonds is 2. The Bertz CT molecular complexity index is 947. The van der Waals surface area contributed by atoms with Crippen molar-refractivity contribution in [2.24, 2.45) is 0 Å². The third kappa shape index (κ3) is 2.21. The van der Waals surface area contributed by atoms with E-state index in [9.17, 15) is 0 Å². The minimum Gasteiger partial charge on any atom is -0.398 e. The van der Waals surface area contributed by atoms with E-state index in [4.69, 9.17) is 5.73 Å². The lowest BCUT2D eigenvalue weighted by atomic mass is 10.1. The molecule has 2 aromatic heterocycles. The molecule has 0 atom stereocenters. The van der Waals surface area contributed by atoms with Crippen molar-refractivity contribution >= 4 is 28.1 Å². The maximum absolute atomic E-state index is 6.13. The number of pyridine rings is 1. The Morgan fingerprint density at radius 2 is 1.64 bits per heavy atom. The van der Waals surface area contributed by atoms with Crippen LogP contribution in [-0.4, -0.2) is 14.3 Å². The molecule has 0 radical (unpaired) electrons. The molecule has 0 spiro atoms. The lowest BCUT2D eigenvalue weighted by Gasteiger charge is -2.03. The first-order valence-corrected chi connectivity index (χ1v) is 7.63. The van der Waals surface area contributed by atoms with Gasteiger partial charge in [-0.1, -0.05) is 48.5 Å². The van der Waals surface area contributed by atoms with E-state index in [2.05, 4.69) is 14.3 Å². The highest BCUT2D eigenvalue weighted by atomic mass is 32.1. The number of aromatic nitrogens is 3. The molecule has 4 rings (SSSR count). The van der Waals surface area contributed by atoms with Gasteiger partial charge in [0, 0.05) is 16.6 Å². The zero-order chi connectivity index (χ0) is 14.9. The number of nitrogens with two attached hydrogens (primary N) is 1. The maximum Gasteiger partial charge on any atom is 0.173 e. The number of hydrogen-bond donors (Lipinski definition) is 1. The molecule has 2 heterocycles. The summed E-state index contributed by atoms with van der Waals surface area (Å²) in [4.78, 5) is 9.23. The second kappa shape index (κ2) is 5.20. The molecule has 4 nitrogen and oxygen atoms in total. The average molecular weight is 304 g/mol. The van der Waals surface area contributed by atoms with Gasteiger partial charge in [0.15, 0.2) is 10.8 Å². The fourth-order valence-corrected chi connectivity index (χ4v) is 2.99. The molecule has 22 heavy (non-hydrogen) atoms. The van der Waals surface area contributed by atoms with Gasteiger partial charge >= 0.3 is 0 Å². The number of nitrogens with zero attached hydrogens (tertiary/aromatic N) is 3. The molecule has 5 heteroatoms. The molecular weight excluding hydrogens is 292 g/mol. The Kier molecular flexibility index (Phi) is 3.05. The van der Waals surface area contributed by atoms with E-state index >= 15 is 0 Å². The Labute approximate surface area is 131 Å². The van der Waals surface area contributed by atoms with Crippen molar-refractivity contribution in [1.29, 1.82) is 0 Å². The fraction of sp³-hybridized carbons (Fsp3) is 0. The quantitative estimate of drug-likeness (QED) is 0.608. The van der Waals surface area contributed by atoms with Gasteiger partial charge in [-0.25, -0.2) is 9.97 Å². The van der Waals surface area contributed by atoms with Gasteiger partial charge in [0.25, 0.3) is 0 Å². The zero-order valence-electron chi connectivity index (χ0n) is 11.6. The SMILES string of the molecule is Nc1cc(-c2nc(-c3ccccc3)ns2)nc2ccccc12. The number of hydrogen-bond acceptors (Lipinski definition) is 5. The molecule has 106 valence electrons. The highest BCUT2D eigenvalue weighted by Gasteiger charge is 2.11. The normalized spacial score (nSPS) is 10.9. The maximum atomic E-state index is 6.13. The topological polar surface area (TPSA) is 64.7 Å². The molecule has 0 aliphatic carbocycles. The van der Waals surface area contributed by atoms with Crippen LogP contribution in [0.4, 0.5) is 5.69 Å². The molecule has 2 N–H and O–H groups in total. The lowest BCUT2D eigenvalue weighted by Crippen LogP contribution is -1.92. The van der Waals surface area contributed by atoms with Gasteiger partial charge in [-0.15, -0.1) is 0 Å². The number of benzene rings is 2. The standard InChI is InChI=1S/C17H12N4S/c18-13-10-15(19-14-9-5-4-8-12(13)14)17-20-16(21-22-17)11-6-2-1-3-7-11/h1-10H,(H2,18,19). The number of nitrogen functional groups attached to an aromatic ring is 1. The van der Waals surface area contributed by atoms with Gasteiger partial charge in [0.1, 0.15) is 5.69 Å². The fourth-order valence-electron chi connectivity index (χ4n) is 2.34. The van der Waals surface area contributed by atoms with Crippen LogP contribution in [0.3, 0.4) is 0 Å². The second-order valence-corrected chi connectivity index (χ2v) is 5.65. The van der Waals surface area contributed by atoms with Gasteiger partial charge in [0.05, 0.1) is 5.52 Å². The molecular formula is C17H12N4S. The summed E-state index contributed by atoms with van der Waals surface area (Å²) in [6, 6.07) is 19.6. The van der Waals surface area contributed by atoms with Crippen molar-refractivity contribution in [2.45, 2.75) is 0 Å². The first kappa shape index (κ1) is 12.9. The molecule has 0 aliphatic heterocycles. The molecule has 0 saturated carbocycles. The molecule has 0 saturated heterocycles. The van der Waals surface area contributed by atoms with Gasteiger partial charge < -0.3 is 5.73 Å². The number of anilines is 1. The largest absolute Gasteiger partial charge is 0.398 e. The van der Waals surface area contributed by atoms with E-state index in [0.717, 1.165) is 27.2 Å². The molecule has 0 amide bonds. The Morgan fingerprint density at radius 3 is 2.50 bits per heavy atom. The van der Waals surface area contributed by atoms with Crippen LogP contribution < -0.4 is 5.73 Å². The summed E-state index contributed by atoms with van der Waals surface area (Å²) in [6.07, 6.45) is 0. The Morgan fingerprint density at radius 1 is 0.864 bits per heavy atom. The van der Waals surface area contributed by atoms with Crippen molar-refractivity contribution in [3.8, 4) is 22.1 Å². The predicted molar refractivity (Wildman–Crippen MR) is 90.5 cm³/mol. The predicted octanol–water partition coefficient (Wildman–Crippen LogP) is 4.00. The minimum absolute atomic E-state index is 0.706. The number of fused-ring (bicyclic) bond motifs is 1. The Hall–Kier alpha value is -2.79. The molecule has 0 bridgehead atoms. The van der Waals surface area contributed by atoms with E-state index in [1.807, 2.05) is 60.7 Å². The van der Waals surface area contributed by atoms with Crippen LogP contribution in [0, 0.1) is 0 Å². The third-order valence-electron chi connectivity index (χ3n) is 3.43. The molecule has 4 aromatic rings. The summed E-state index contributed by atoms with van der Waals surface area (Å²) in [6.45, 7) is 0. The Balaban J connectivity index is 1.81. The van der Waals surface area contributed by atoms with Crippen molar-refractivity contribution in [2.75, 3.05) is 5.73 Å². The van der Waals surface area contributed by atoms with Gasteiger partial charge in [0.2, 0.25) is 0 Å².